The fraction of sp³-hybridized carbons (Fsp3) is 0.316. The van der Waals surface area contributed by atoms with E-state index in [4.69, 9.17) is 5.11 Å². The predicted molar refractivity (Wildman–Crippen MR) is 97.2 cm³/mol. The van der Waals surface area contributed by atoms with Gasteiger partial charge in [-0.2, -0.15) is 0 Å². The molecule has 7 heteroatoms. The highest BCUT2D eigenvalue weighted by Gasteiger charge is 2.26. The second-order valence-electron chi connectivity index (χ2n) is 5.97. The van der Waals surface area contributed by atoms with Crippen molar-refractivity contribution in [2.75, 3.05) is 6.54 Å². The maximum absolute atomic E-state index is 12.5. The SMILES string of the molecule is CCC[C@H](N[C@@H](CNC(=O)c1cccc2ccccc12)C(=O)O)C(=O)O. The first-order valence-electron chi connectivity index (χ1n) is 8.41. The Morgan fingerprint density at radius 3 is 2.27 bits per heavy atom. The zero-order chi connectivity index (χ0) is 19.1. The zero-order valence-corrected chi connectivity index (χ0v) is 14.4. The molecule has 0 unspecified atom stereocenters. The van der Waals surface area contributed by atoms with Gasteiger partial charge >= 0.3 is 11.9 Å². The molecule has 0 saturated heterocycles. The maximum atomic E-state index is 12.5. The molecule has 0 bridgehead atoms. The zero-order valence-electron chi connectivity index (χ0n) is 14.4. The van der Waals surface area contributed by atoms with Gasteiger partial charge in [-0.25, -0.2) is 0 Å². The van der Waals surface area contributed by atoms with E-state index >= 15 is 0 Å². The van der Waals surface area contributed by atoms with Crippen LogP contribution in [-0.2, 0) is 9.59 Å². The molecule has 7 nitrogen and oxygen atoms in total. The Kier molecular flexibility index (Phi) is 6.68. The third kappa shape index (κ3) is 4.80. The average molecular weight is 358 g/mol. The van der Waals surface area contributed by atoms with Gasteiger partial charge in [0.25, 0.3) is 5.91 Å². The summed E-state index contributed by atoms with van der Waals surface area (Å²) in [5.41, 5.74) is 0.440. The summed E-state index contributed by atoms with van der Waals surface area (Å²) >= 11 is 0. The number of hydrogen-bond acceptors (Lipinski definition) is 4. The van der Waals surface area contributed by atoms with Gasteiger partial charge in [0, 0.05) is 12.1 Å². The highest BCUT2D eigenvalue weighted by atomic mass is 16.4. The van der Waals surface area contributed by atoms with Gasteiger partial charge in [0.05, 0.1) is 0 Å². The number of hydrogen-bond donors (Lipinski definition) is 4. The van der Waals surface area contributed by atoms with Gasteiger partial charge in [0.15, 0.2) is 0 Å². The monoisotopic (exact) mass is 358 g/mol. The smallest absolute Gasteiger partial charge is 0.322 e. The first-order chi connectivity index (χ1) is 12.4. The highest BCUT2D eigenvalue weighted by molar-refractivity contribution is 6.07. The van der Waals surface area contributed by atoms with Crippen LogP contribution in [0.15, 0.2) is 42.5 Å². The molecule has 2 aromatic carbocycles. The van der Waals surface area contributed by atoms with E-state index in [1.165, 1.54) is 0 Å². The summed E-state index contributed by atoms with van der Waals surface area (Å²) in [6.07, 6.45) is 0.898. The highest BCUT2D eigenvalue weighted by Crippen LogP contribution is 2.18. The summed E-state index contributed by atoms with van der Waals surface area (Å²) in [7, 11) is 0. The molecule has 0 aromatic heterocycles. The quantitative estimate of drug-likeness (QED) is 0.544. The number of amides is 1. The largest absolute Gasteiger partial charge is 0.480 e. The molecule has 2 atom stereocenters. The fourth-order valence-corrected chi connectivity index (χ4v) is 2.74. The van der Waals surface area contributed by atoms with Gasteiger partial charge in [0.1, 0.15) is 12.1 Å². The molecule has 0 aliphatic carbocycles. The minimum absolute atomic E-state index is 0.217. The predicted octanol–water partition coefficient (Wildman–Crippen LogP) is 1.87. The van der Waals surface area contributed by atoms with Crippen LogP contribution in [0.4, 0.5) is 0 Å². The van der Waals surface area contributed by atoms with Gasteiger partial charge in [-0.15, -0.1) is 0 Å². The van der Waals surface area contributed by atoms with Gasteiger partial charge in [-0.1, -0.05) is 49.7 Å². The lowest BCUT2D eigenvalue weighted by Crippen LogP contribution is -2.52. The van der Waals surface area contributed by atoms with Crippen molar-refractivity contribution in [3.8, 4) is 0 Å². The number of carbonyl (C=O) groups is 3. The molecular weight excluding hydrogens is 336 g/mol. The normalized spacial score (nSPS) is 13.1. The van der Waals surface area contributed by atoms with Crippen LogP contribution in [0.3, 0.4) is 0 Å². The van der Waals surface area contributed by atoms with Crippen LogP contribution in [0.2, 0.25) is 0 Å². The standard InChI is InChI=1S/C19H22N2O5/c1-2-6-15(18(23)24)21-16(19(25)26)11-20-17(22)14-10-5-8-12-7-3-4-9-13(12)14/h3-5,7-10,15-16,21H,2,6,11H2,1H3,(H,20,22)(H,23,24)(H,25,26)/t15-,16-/m0/s1. The summed E-state index contributed by atoms with van der Waals surface area (Å²) in [5, 5.41) is 25.3. The van der Waals surface area contributed by atoms with E-state index in [1.54, 1.807) is 12.1 Å². The Balaban J connectivity index is 2.09. The first kappa shape index (κ1) is 19.4. The van der Waals surface area contributed by atoms with Crippen LogP contribution in [0.1, 0.15) is 30.1 Å². The van der Waals surface area contributed by atoms with Crippen molar-refractivity contribution in [1.29, 1.82) is 0 Å². The fourth-order valence-electron chi connectivity index (χ4n) is 2.74. The van der Waals surface area contributed by atoms with E-state index in [-0.39, 0.29) is 6.54 Å². The van der Waals surface area contributed by atoms with Gasteiger partial charge in [-0.3, -0.25) is 19.7 Å². The van der Waals surface area contributed by atoms with Crippen LogP contribution in [-0.4, -0.2) is 46.7 Å². The Morgan fingerprint density at radius 2 is 1.62 bits per heavy atom. The van der Waals surface area contributed by atoms with Gasteiger partial charge in [-0.05, 0) is 23.3 Å². The van der Waals surface area contributed by atoms with Crippen molar-refractivity contribution in [3.63, 3.8) is 0 Å². The molecule has 138 valence electrons. The van der Waals surface area contributed by atoms with Crippen molar-refractivity contribution >= 4 is 28.6 Å². The second-order valence-corrected chi connectivity index (χ2v) is 5.97. The van der Waals surface area contributed by atoms with Crippen molar-refractivity contribution in [3.05, 3.63) is 48.0 Å². The summed E-state index contributed by atoms with van der Waals surface area (Å²) in [4.78, 5) is 35.1. The van der Waals surface area contributed by atoms with Gasteiger partial charge < -0.3 is 15.5 Å². The Morgan fingerprint density at radius 1 is 0.962 bits per heavy atom. The van der Waals surface area contributed by atoms with Gasteiger partial charge in [0.2, 0.25) is 0 Å². The van der Waals surface area contributed by atoms with E-state index in [0.717, 1.165) is 10.8 Å². The topological polar surface area (TPSA) is 116 Å². The maximum Gasteiger partial charge on any atom is 0.322 e. The molecule has 0 aliphatic rings. The van der Waals surface area contributed by atoms with Crippen LogP contribution >= 0.6 is 0 Å². The Labute approximate surface area is 151 Å². The van der Waals surface area contributed by atoms with Crippen molar-refractivity contribution in [2.45, 2.75) is 31.8 Å². The molecule has 1 amide bonds. The van der Waals surface area contributed by atoms with E-state index in [0.29, 0.717) is 18.4 Å². The van der Waals surface area contributed by atoms with Crippen LogP contribution in [0, 0.1) is 0 Å². The van der Waals surface area contributed by atoms with Crippen molar-refractivity contribution in [2.24, 2.45) is 0 Å². The van der Waals surface area contributed by atoms with Crippen LogP contribution in [0.5, 0.6) is 0 Å². The Bertz CT molecular complexity index is 800. The summed E-state index contributed by atoms with van der Waals surface area (Å²) in [5.74, 6) is -2.73. The number of benzene rings is 2. The Hall–Kier alpha value is -2.93. The minimum Gasteiger partial charge on any atom is -0.480 e. The summed E-state index contributed by atoms with van der Waals surface area (Å²) < 4.78 is 0. The van der Waals surface area contributed by atoms with E-state index in [9.17, 15) is 19.5 Å². The molecule has 0 radical (unpaired) electrons. The van der Waals surface area contributed by atoms with E-state index < -0.39 is 29.9 Å². The number of carboxylic acid groups (broad SMARTS) is 2. The second kappa shape index (κ2) is 8.96. The molecule has 4 N–H and O–H groups in total. The van der Waals surface area contributed by atoms with Crippen molar-refractivity contribution in [1.82, 2.24) is 10.6 Å². The third-order valence-corrected chi connectivity index (χ3v) is 4.08. The molecule has 0 heterocycles. The molecular formula is C19H22N2O5. The molecule has 26 heavy (non-hydrogen) atoms. The summed E-state index contributed by atoms with van der Waals surface area (Å²) in [6.45, 7) is 1.60. The minimum atomic E-state index is -1.22. The van der Waals surface area contributed by atoms with E-state index in [1.807, 2.05) is 37.3 Å². The van der Waals surface area contributed by atoms with Crippen molar-refractivity contribution < 1.29 is 24.6 Å². The van der Waals surface area contributed by atoms with Crippen LogP contribution in [0.25, 0.3) is 10.8 Å². The molecule has 0 aliphatic heterocycles. The van der Waals surface area contributed by atoms with E-state index in [2.05, 4.69) is 10.6 Å². The number of rotatable bonds is 9. The van der Waals surface area contributed by atoms with Crippen LogP contribution < -0.4 is 10.6 Å². The number of carbonyl (C=O) groups excluding carboxylic acids is 1. The molecule has 0 spiro atoms. The molecule has 0 saturated carbocycles. The lowest BCUT2D eigenvalue weighted by Gasteiger charge is -2.20. The third-order valence-electron chi connectivity index (χ3n) is 4.08. The number of fused-ring (bicyclic) bond motifs is 1. The molecule has 0 fully saturated rings. The number of carboxylic acids is 2. The first-order valence-corrected chi connectivity index (χ1v) is 8.41. The molecule has 2 aromatic rings. The number of nitrogens with one attached hydrogen (secondary N) is 2. The number of aliphatic carboxylic acids is 2. The molecule has 2 rings (SSSR count). The summed E-state index contributed by atoms with van der Waals surface area (Å²) in [6, 6.07) is 10.5. The average Bonchev–Trinajstić information content (AvgIpc) is 2.63. The lowest BCUT2D eigenvalue weighted by atomic mass is 10.0. The lowest BCUT2D eigenvalue weighted by molar-refractivity contribution is -0.142.